The van der Waals surface area contributed by atoms with E-state index >= 15 is 0 Å². The Balaban J connectivity index is 2.73. The summed E-state index contributed by atoms with van der Waals surface area (Å²) >= 11 is 0. The van der Waals surface area contributed by atoms with Gasteiger partial charge in [-0.3, -0.25) is 14.4 Å². The van der Waals surface area contributed by atoms with E-state index in [4.69, 9.17) is 9.47 Å². The zero-order valence-corrected chi connectivity index (χ0v) is 13.2. The SMILES string of the molecule is CC(=O)OCCN(CCOC(C)=O)c1ccc(C#CC=O)cc1. The number of carbonyl (C=O) groups excluding carboxylic acids is 3. The predicted octanol–water partition coefficient (Wildman–Crippen LogP) is 1.17. The first-order chi connectivity index (χ1) is 11.0. The second kappa shape index (κ2) is 10.0. The van der Waals surface area contributed by atoms with Gasteiger partial charge in [0.2, 0.25) is 0 Å². The third-order valence-corrected chi connectivity index (χ3v) is 2.84. The van der Waals surface area contributed by atoms with Gasteiger partial charge in [0.1, 0.15) is 13.2 Å². The van der Waals surface area contributed by atoms with Gasteiger partial charge in [-0.15, -0.1) is 0 Å². The van der Waals surface area contributed by atoms with Gasteiger partial charge in [-0.1, -0.05) is 5.92 Å². The molecule has 0 heterocycles. The Morgan fingerprint density at radius 2 is 1.57 bits per heavy atom. The minimum absolute atomic E-state index is 0.238. The molecular weight excluding hydrogens is 298 g/mol. The molecule has 0 radical (unpaired) electrons. The highest BCUT2D eigenvalue weighted by molar-refractivity contribution is 5.74. The summed E-state index contributed by atoms with van der Waals surface area (Å²) in [5.41, 5.74) is 1.60. The molecule has 0 amide bonds. The van der Waals surface area contributed by atoms with Crippen molar-refractivity contribution >= 4 is 23.9 Å². The molecule has 1 rings (SSSR count). The lowest BCUT2D eigenvalue weighted by Gasteiger charge is -2.24. The first-order valence-corrected chi connectivity index (χ1v) is 7.10. The van der Waals surface area contributed by atoms with Crippen LogP contribution < -0.4 is 4.90 Å². The number of hydrogen-bond acceptors (Lipinski definition) is 6. The topological polar surface area (TPSA) is 72.9 Å². The van der Waals surface area contributed by atoms with Gasteiger partial charge in [0.15, 0.2) is 6.29 Å². The maximum Gasteiger partial charge on any atom is 0.302 e. The lowest BCUT2D eigenvalue weighted by molar-refractivity contribution is -0.141. The Hall–Kier alpha value is -2.81. The van der Waals surface area contributed by atoms with Crippen molar-refractivity contribution in [1.29, 1.82) is 0 Å². The summed E-state index contributed by atoms with van der Waals surface area (Å²) in [6.45, 7) is 4.12. The highest BCUT2D eigenvalue weighted by atomic mass is 16.5. The van der Waals surface area contributed by atoms with E-state index in [0.717, 1.165) is 11.3 Å². The van der Waals surface area contributed by atoms with Gasteiger partial charge in [-0.25, -0.2) is 0 Å². The number of aldehydes is 1. The largest absolute Gasteiger partial charge is 0.464 e. The van der Waals surface area contributed by atoms with Crippen molar-refractivity contribution in [3.8, 4) is 11.8 Å². The average Bonchev–Trinajstić information content (AvgIpc) is 2.51. The van der Waals surface area contributed by atoms with Crippen molar-refractivity contribution in [1.82, 2.24) is 0 Å². The van der Waals surface area contributed by atoms with E-state index in [1.807, 2.05) is 17.0 Å². The molecule has 0 fully saturated rings. The molecule has 0 aliphatic heterocycles. The molecule has 0 spiro atoms. The summed E-state index contributed by atoms with van der Waals surface area (Å²) in [4.78, 5) is 33.9. The number of hydrogen-bond donors (Lipinski definition) is 0. The van der Waals surface area contributed by atoms with E-state index in [1.54, 1.807) is 12.1 Å². The maximum atomic E-state index is 10.9. The second-order valence-electron chi connectivity index (χ2n) is 4.60. The van der Waals surface area contributed by atoms with Crippen LogP contribution in [-0.4, -0.2) is 44.5 Å². The first-order valence-electron chi connectivity index (χ1n) is 7.10. The molecule has 6 nitrogen and oxygen atoms in total. The molecule has 6 heteroatoms. The molecule has 0 aromatic heterocycles. The van der Waals surface area contributed by atoms with Crippen LogP contribution in [0.4, 0.5) is 5.69 Å². The minimum atomic E-state index is -0.343. The lowest BCUT2D eigenvalue weighted by atomic mass is 10.2. The highest BCUT2D eigenvalue weighted by Crippen LogP contribution is 2.15. The van der Waals surface area contributed by atoms with Gasteiger partial charge in [0, 0.05) is 25.1 Å². The average molecular weight is 317 g/mol. The van der Waals surface area contributed by atoms with E-state index in [0.29, 0.717) is 19.4 Å². The Kier molecular flexibility index (Phi) is 7.94. The van der Waals surface area contributed by atoms with Crippen LogP contribution in [0, 0.1) is 11.8 Å². The number of benzene rings is 1. The zero-order valence-electron chi connectivity index (χ0n) is 13.2. The number of anilines is 1. The molecule has 0 bridgehead atoms. The fourth-order valence-electron chi connectivity index (χ4n) is 1.84. The third-order valence-electron chi connectivity index (χ3n) is 2.84. The van der Waals surface area contributed by atoms with E-state index in [1.165, 1.54) is 13.8 Å². The van der Waals surface area contributed by atoms with Gasteiger partial charge < -0.3 is 14.4 Å². The quantitative estimate of drug-likeness (QED) is 0.427. The molecule has 0 unspecified atom stereocenters. The summed E-state index contributed by atoms with van der Waals surface area (Å²) in [7, 11) is 0. The molecule has 0 aliphatic rings. The van der Waals surface area contributed by atoms with Crippen LogP contribution in [-0.2, 0) is 23.9 Å². The molecule has 0 saturated carbocycles. The van der Waals surface area contributed by atoms with Crippen LogP contribution in [0.2, 0.25) is 0 Å². The van der Waals surface area contributed by atoms with Crippen molar-refractivity contribution in [2.24, 2.45) is 0 Å². The van der Waals surface area contributed by atoms with E-state index in [-0.39, 0.29) is 25.2 Å². The van der Waals surface area contributed by atoms with Gasteiger partial charge in [-0.05, 0) is 30.2 Å². The number of ether oxygens (including phenoxy) is 2. The molecule has 0 saturated heterocycles. The highest BCUT2D eigenvalue weighted by Gasteiger charge is 2.08. The molecule has 0 atom stereocenters. The summed E-state index contributed by atoms with van der Waals surface area (Å²) in [6, 6.07) is 7.26. The monoisotopic (exact) mass is 317 g/mol. The lowest BCUT2D eigenvalue weighted by Crippen LogP contribution is -2.31. The van der Waals surface area contributed by atoms with Crippen LogP contribution in [0.15, 0.2) is 24.3 Å². The van der Waals surface area contributed by atoms with Crippen molar-refractivity contribution in [3.05, 3.63) is 29.8 Å². The van der Waals surface area contributed by atoms with Crippen LogP contribution in [0.3, 0.4) is 0 Å². The first kappa shape index (κ1) is 18.2. The van der Waals surface area contributed by atoms with E-state index in [2.05, 4.69) is 11.8 Å². The zero-order chi connectivity index (χ0) is 17.1. The van der Waals surface area contributed by atoms with Crippen molar-refractivity contribution in [2.45, 2.75) is 13.8 Å². The van der Waals surface area contributed by atoms with Crippen LogP contribution >= 0.6 is 0 Å². The molecule has 1 aromatic rings. The third kappa shape index (κ3) is 7.67. The molecular formula is C17H19NO5. The van der Waals surface area contributed by atoms with Crippen molar-refractivity contribution in [3.63, 3.8) is 0 Å². The fraction of sp³-hybridized carbons (Fsp3) is 0.353. The Morgan fingerprint density at radius 3 is 2.00 bits per heavy atom. The normalized spacial score (nSPS) is 9.30. The van der Waals surface area contributed by atoms with Gasteiger partial charge in [0.25, 0.3) is 0 Å². The molecule has 23 heavy (non-hydrogen) atoms. The smallest absolute Gasteiger partial charge is 0.302 e. The molecule has 122 valence electrons. The summed E-state index contributed by atoms with van der Waals surface area (Å²) < 4.78 is 9.90. The minimum Gasteiger partial charge on any atom is -0.464 e. The van der Waals surface area contributed by atoms with Gasteiger partial charge >= 0.3 is 11.9 Å². The Labute approximate surface area is 135 Å². The fourth-order valence-corrected chi connectivity index (χ4v) is 1.84. The molecule has 1 aromatic carbocycles. The summed E-state index contributed by atoms with van der Waals surface area (Å²) in [6.07, 6.45) is 0.540. The van der Waals surface area contributed by atoms with Crippen LogP contribution in [0.25, 0.3) is 0 Å². The van der Waals surface area contributed by atoms with Crippen molar-refractivity contribution in [2.75, 3.05) is 31.2 Å². The number of rotatable bonds is 7. The molecule has 0 N–H and O–H groups in total. The standard InChI is InChI=1S/C17H19NO5/c1-14(20)22-12-9-18(10-13-23-15(2)21)17-7-5-16(6-8-17)4-3-11-19/h5-8,11H,9-10,12-13H2,1-2H3. The summed E-state index contributed by atoms with van der Waals surface area (Å²) in [5, 5.41) is 0. The number of nitrogens with zero attached hydrogens (tertiary/aromatic N) is 1. The Morgan fingerprint density at radius 1 is 1.04 bits per heavy atom. The molecule has 0 aliphatic carbocycles. The van der Waals surface area contributed by atoms with Gasteiger partial charge in [0.05, 0.1) is 13.1 Å². The second-order valence-corrected chi connectivity index (χ2v) is 4.60. The van der Waals surface area contributed by atoms with E-state index in [9.17, 15) is 14.4 Å². The number of esters is 2. The number of carbonyl (C=O) groups is 3. The summed E-state index contributed by atoms with van der Waals surface area (Å²) in [5.74, 6) is 4.36. The Bertz CT molecular complexity index is 578. The predicted molar refractivity (Wildman–Crippen MR) is 84.9 cm³/mol. The van der Waals surface area contributed by atoms with Crippen LogP contribution in [0.5, 0.6) is 0 Å². The maximum absolute atomic E-state index is 10.9. The van der Waals surface area contributed by atoms with Crippen molar-refractivity contribution < 1.29 is 23.9 Å². The van der Waals surface area contributed by atoms with Crippen LogP contribution in [0.1, 0.15) is 19.4 Å². The van der Waals surface area contributed by atoms with E-state index < -0.39 is 0 Å². The van der Waals surface area contributed by atoms with Gasteiger partial charge in [-0.2, -0.15) is 0 Å².